The molecule has 0 unspecified atom stereocenters. The molecule has 1 aliphatic heterocycles. The van der Waals surface area contributed by atoms with Gasteiger partial charge in [0.25, 0.3) is 0 Å². The van der Waals surface area contributed by atoms with Crippen LogP contribution in [0.15, 0.2) is 30.5 Å². The van der Waals surface area contributed by atoms with Crippen LogP contribution in [0.1, 0.15) is 12.8 Å². The molecule has 5 heteroatoms. The Labute approximate surface area is 124 Å². The van der Waals surface area contributed by atoms with Gasteiger partial charge in [-0.15, -0.1) is 0 Å². The number of rotatable bonds is 4. The third kappa shape index (κ3) is 2.77. The molecule has 110 valence electrons. The fourth-order valence-corrected chi connectivity index (χ4v) is 2.57. The van der Waals surface area contributed by atoms with Gasteiger partial charge in [0, 0.05) is 24.8 Å². The van der Waals surface area contributed by atoms with Gasteiger partial charge >= 0.3 is 0 Å². The Morgan fingerprint density at radius 3 is 2.48 bits per heavy atom. The first-order valence-corrected chi connectivity index (χ1v) is 7.12. The molecule has 2 heterocycles. The van der Waals surface area contributed by atoms with E-state index >= 15 is 0 Å². The maximum atomic E-state index is 5.35. The summed E-state index contributed by atoms with van der Waals surface area (Å²) >= 11 is 0. The molecule has 3 rings (SSSR count). The number of anilines is 1. The molecule has 0 atom stereocenters. The molecule has 21 heavy (non-hydrogen) atoms. The molecule has 0 N–H and O–H groups in total. The molecule has 0 radical (unpaired) electrons. The first-order valence-electron chi connectivity index (χ1n) is 7.12. The zero-order valence-corrected chi connectivity index (χ0v) is 12.4. The van der Waals surface area contributed by atoms with Crippen LogP contribution in [0.3, 0.4) is 0 Å². The molecule has 0 amide bonds. The lowest BCUT2D eigenvalue weighted by Crippen LogP contribution is -2.20. The SMILES string of the molecule is COc1ccc(-c2ccnc(N3CCCC3)n2)cc1OC. The fraction of sp³-hybridized carbons (Fsp3) is 0.375. The summed E-state index contributed by atoms with van der Waals surface area (Å²) in [7, 11) is 3.27. The molecule has 1 aromatic carbocycles. The van der Waals surface area contributed by atoms with Crippen molar-refractivity contribution in [1.29, 1.82) is 0 Å². The zero-order chi connectivity index (χ0) is 14.7. The fourth-order valence-electron chi connectivity index (χ4n) is 2.57. The van der Waals surface area contributed by atoms with Crippen LogP contribution in [-0.4, -0.2) is 37.3 Å². The first kappa shape index (κ1) is 13.7. The first-order chi connectivity index (χ1) is 10.3. The van der Waals surface area contributed by atoms with Crippen LogP contribution in [0.4, 0.5) is 5.95 Å². The van der Waals surface area contributed by atoms with Crippen molar-refractivity contribution in [2.75, 3.05) is 32.2 Å². The highest BCUT2D eigenvalue weighted by Gasteiger charge is 2.15. The third-order valence-corrected chi connectivity index (χ3v) is 3.71. The maximum Gasteiger partial charge on any atom is 0.225 e. The monoisotopic (exact) mass is 285 g/mol. The zero-order valence-electron chi connectivity index (χ0n) is 12.4. The summed E-state index contributed by atoms with van der Waals surface area (Å²) in [5.41, 5.74) is 1.89. The number of nitrogens with zero attached hydrogens (tertiary/aromatic N) is 3. The molecule has 1 aliphatic rings. The van der Waals surface area contributed by atoms with Crippen molar-refractivity contribution < 1.29 is 9.47 Å². The quantitative estimate of drug-likeness (QED) is 0.864. The number of hydrogen-bond acceptors (Lipinski definition) is 5. The Morgan fingerprint density at radius 1 is 1.00 bits per heavy atom. The van der Waals surface area contributed by atoms with E-state index in [1.165, 1.54) is 12.8 Å². The van der Waals surface area contributed by atoms with E-state index in [4.69, 9.17) is 9.47 Å². The standard InChI is InChI=1S/C16H19N3O2/c1-20-14-6-5-12(11-15(14)21-2)13-7-8-17-16(18-13)19-9-3-4-10-19/h5-8,11H,3-4,9-10H2,1-2H3. The minimum atomic E-state index is 0.705. The van der Waals surface area contributed by atoms with Crippen molar-refractivity contribution in [1.82, 2.24) is 9.97 Å². The molecule has 1 fully saturated rings. The predicted octanol–water partition coefficient (Wildman–Crippen LogP) is 2.76. The summed E-state index contributed by atoms with van der Waals surface area (Å²) in [5, 5.41) is 0. The van der Waals surface area contributed by atoms with Crippen LogP contribution in [0.2, 0.25) is 0 Å². The van der Waals surface area contributed by atoms with E-state index in [0.29, 0.717) is 5.75 Å². The van der Waals surface area contributed by atoms with E-state index in [9.17, 15) is 0 Å². The number of methoxy groups -OCH3 is 2. The van der Waals surface area contributed by atoms with Crippen molar-refractivity contribution in [2.24, 2.45) is 0 Å². The molecule has 1 saturated heterocycles. The van der Waals surface area contributed by atoms with Gasteiger partial charge in [-0.05, 0) is 37.1 Å². The second-order valence-electron chi connectivity index (χ2n) is 5.01. The van der Waals surface area contributed by atoms with Gasteiger partial charge in [0.1, 0.15) is 0 Å². The van der Waals surface area contributed by atoms with Gasteiger partial charge in [-0.2, -0.15) is 0 Å². The van der Waals surface area contributed by atoms with Crippen molar-refractivity contribution in [2.45, 2.75) is 12.8 Å². The van der Waals surface area contributed by atoms with Gasteiger partial charge in [0.2, 0.25) is 5.95 Å². The summed E-state index contributed by atoms with van der Waals surface area (Å²) in [5.74, 6) is 2.23. The Morgan fingerprint density at radius 2 is 1.76 bits per heavy atom. The molecule has 0 aliphatic carbocycles. The second-order valence-corrected chi connectivity index (χ2v) is 5.01. The van der Waals surface area contributed by atoms with Crippen LogP contribution in [0, 0.1) is 0 Å². The molecule has 0 spiro atoms. The molecule has 0 bridgehead atoms. The average molecular weight is 285 g/mol. The minimum absolute atomic E-state index is 0.705. The Bertz CT molecular complexity index is 625. The van der Waals surface area contributed by atoms with Crippen LogP contribution in [0.5, 0.6) is 11.5 Å². The molecular formula is C16H19N3O2. The smallest absolute Gasteiger partial charge is 0.225 e. The van der Waals surface area contributed by atoms with E-state index in [-0.39, 0.29) is 0 Å². The summed E-state index contributed by atoms with van der Waals surface area (Å²) in [6.07, 6.45) is 4.24. The van der Waals surface area contributed by atoms with E-state index < -0.39 is 0 Å². The Kier molecular flexibility index (Phi) is 3.90. The molecular weight excluding hydrogens is 266 g/mol. The molecule has 1 aromatic heterocycles. The highest BCUT2D eigenvalue weighted by Crippen LogP contribution is 2.32. The maximum absolute atomic E-state index is 5.35. The average Bonchev–Trinajstić information content (AvgIpc) is 3.09. The number of hydrogen-bond donors (Lipinski definition) is 0. The molecule has 0 saturated carbocycles. The van der Waals surface area contributed by atoms with Crippen LogP contribution in [-0.2, 0) is 0 Å². The van der Waals surface area contributed by atoms with Gasteiger partial charge in [-0.1, -0.05) is 0 Å². The van der Waals surface area contributed by atoms with Crippen molar-refractivity contribution in [3.63, 3.8) is 0 Å². The largest absolute Gasteiger partial charge is 0.493 e. The van der Waals surface area contributed by atoms with Gasteiger partial charge in [0.05, 0.1) is 19.9 Å². The highest BCUT2D eigenvalue weighted by atomic mass is 16.5. The summed E-state index contributed by atoms with van der Waals surface area (Å²) in [6, 6.07) is 7.74. The summed E-state index contributed by atoms with van der Waals surface area (Å²) in [4.78, 5) is 11.3. The lowest BCUT2D eigenvalue weighted by molar-refractivity contribution is 0.355. The Hall–Kier alpha value is -2.30. The Balaban J connectivity index is 1.94. The van der Waals surface area contributed by atoms with Gasteiger partial charge < -0.3 is 14.4 Å². The summed E-state index contributed by atoms with van der Waals surface area (Å²) in [6.45, 7) is 2.07. The minimum Gasteiger partial charge on any atom is -0.493 e. The highest BCUT2D eigenvalue weighted by molar-refractivity contribution is 5.64. The van der Waals surface area contributed by atoms with Crippen LogP contribution >= 0.6 is 0 Å². The van der Waals surface area contributed by atoms with E-state index in [1.54, 1.807) is 14.2 Å². The normalized spacial score (nSPS) is 14.3. The van der Waals surface area contributed by atoms with Gasteiger partial charge in [0.15, 0.2) is 11.5 Å². The number of ether oxygens (including phenoxy) is 2. The lowest BCUT2D eigenvalue weighted by atomic mass is 10.1. The predicted molar refractivity (Wildman–Crippen MR) is 82.0 cm³/mol. The van der Waals surface area contributed by atoms with Gasteiger partial charge in [-0.25, -0.2) is 9.97 Å². The number of benzene rings is 1. The second kappa shape index (κ2) is 5.99. The van der Waals surface area contributed by atoms with Crippen molar-refractivity contribution in [3.05, 3.63) is 30.5 Å². The lowest BCUT2D eigenvalue weighted by Gasteiger charge is -2.15. The number of aromatic nitrogens is 2. The third-order valence-electron chi connectivity index (χ3n) is 3.71. The summed E-state index contributed by atoms with van der Waals surface area (Å²) < 4.78 is 10.6. The molecule has 2 aromatic rings. The van der Waals surface area contributed by atoms with Crippen molar-refractivity contribution in [3.8, 4) is 22.8 Å². The van der Waals surface area contributed by atoms with E-state index in [0.717, 1.165) is 36.0 Å². The molecule has 5 nitrogen and oxygen atoms in total. The van der Waals surface area contributed by atoms with Crippen LogP contribution in [0.25, 0.3) is 11.3 Å². The van der Waals surface area contributed by atoms with E-state index in [2.05, 4.69) is 14.9 Å². The van der Waals surface area contributed by atoms with Crippen LogP contribution < -0.4 is 14.4 Å². The van der Waals surface area contributed by atoms with Gasteiger partial charge in [-0.3, -0.25) is 0 Å². The van der Waals surface area contributed by atoms with E-state index in [1.807, 2.05) is 30.5 Å². The van der Waals surface area contributed by atoms with Crippen molar-refractivity contribution >= 4 is 5.95 Å². The topological polar surface area (TPSA) is 47.5 Å².